The Hall–Kier alpha value is -1.30. The highest BCUT2D eigenvalue weighted by atomic mass is 35.5. The summed E-state index contributed by atoms with van der Waals surface area (Å²) in [6.45, 7) is 3.64. The van der Waals surface area contributed by atoms with Gasteiger partial charge in [0.15, 0.2) is 0 Å². The molecule has 110 valence electrons. The molecule has 0 aliphatic carbocycles. The van der Waals surface area contributed by atoms with Crippen LogP contribution >= 0.6 is 11.6 Å². The van der Waals surface area contributed by atoms with Crippen LogP contribution in [0.25, 0.3) is 0 Å². The average Bonchev–Trinajstić information content (AvgIpc) is 2.39. The monoisotopic (exact) mass is 296 g/mol. The number of carbonyl (C=O) groups excluding carboxylic acids is 1. The summed E-state index contributed by atoms with van der Waals surface area (Å²) >= 11 is 5.83. The van der Waals surface area contributed by atoms with Gasteiger partial charge in [-0.3, -0.25) is 9.69 Å². The van der Waals surface area contributed by atoms with Crippen molar-refractivity contribution >= 4 is 23.2 Å². The number of halogens is 1. The van der Waals surface area contributed by atoms with Gasteiger partial charge in [0, 0.05) is 42.9 Å². The first-order valence-electron chi connectivity index (χ1n) is 6.69. The Kier molecular flexibility index (Phi) is 4.86. The molecule has 0 spiro atoms. The van der Waals surface area contributed by atoms with Gasteiger partial charge in [-0.15, -0.1) is 0 Å². The third-order valence-corrected chi connectivity index (χ3v) is 3.97. The van der Waals surface area contributed by atoms with Crippen molar-refractivity contribution in [3.63, 3.8) is 0 Å². The molecule has 1 amide bonds. The zero-order valence-corrected chi connectivity index (χ0v) is 12.7. The van der Waals surface area contributed by atoms with Crippen LogP contribution in [0.1, 0.15) is 10.4 Å². The molecule has 1 fully saturated rings. The van der Waals surface area contributed by atoms with Gasteiger partial charge in [0.1, 0.15) is 0 Å². The largest absolute Gasteiger partial charge is 0.398 e. The fourth-order valence-electron chi connectivity index (χ4n) is 2.37. The predicted octanol–water partition coefficient (Wildman–Crippen LogP) is 0.898. The predicted molar refractivity (Wildman–Crippen MR) is 82.1 cm³/mol. The van der Waals surface area contributed by atoms with E-state index in [1.54, 1.807) is 18.2 Å². The van der Waals surface area contributed by atoms with Gasteiger partial charge in [0.25, 0.3) is 5.91 Å². The van der Waals surface area contributed by atoms with E-state index in [1.807, 2.05) is 0 Å². The lowest BCUT2D eigenvalue weighted by atomic mass is 10.1. The highest BCUT2D eigenvalue weighted by molar-refractivity contribution is 6.31. The van der Waals surface area contributed by atoms with Crippen molar-refractivity contribution in [1.82, 2.24) is 15.1 Å². The smallest absolute Gasteiger partial charge is 0.253 e. The maximum absolute atomic E-state index is 12.1. The molecule has 2 rings (SSSR count). The molecule has 0 saturated carbocycles. The second kappa shape index (κ2) is 6.43. The molecule has 0 radical (unpaired) electrons. The summed E-state index contributed by atoms with van der Waals surface area (Å²) in [5, 5.41) is 3.48. The SMILES string of the molecule is CN1CCN(C)C(CNC(=O)c2ccc(Cl)cc2N)C1. The van der Waals surface area contributed by atoms with Crippen LogP contribution in [-0.2, 0) is 0 Å². The number of carbonyl (C=O) groups is 1. The van der Waals surface area contributed by atoms with Gasteiger partial charge in [0.05, 0.1) is 5.56 Å². The first-order valence-corrected chi connectivity index (χ1v) is 7.07. The number of nitrogens with one attached hydrogen (secondary N) is 1. The van der Waals surface area contributed by atoms with Crippen LogP contribution in [0.2, 0.25) is 5.02 Å². The Morgan fingerprint density at radius 3 is 2.90 bits per heavy atom. The zero-order chi connectivity index (χ0) is 14.7. The fraction of sp³-hybridized carbons (Fsp3) is 0.500. The van der Waals surface area contributed by atoms with Gasteiger partial charge >= 0.3 is 0 Å². The van der Waals surface area contributed by atoms with E-state index >= 15 is 0 Å². The summed E-state index contributed by atoms with van der Waals surface area (Å²) in [6.07, 6.45) is 0. The number of nitrogen functional groups attached to an aromatic ring is 1. The Morgan fingerprint density at radius 2 is 2.20 bits per heavy atom. The first-order chi connectivity index (χ1) is 9.47. The standard InChI is InChI=1S/C14H21ClN4O/c1-18-5-6-19(2)11(9-18)8-17-14(20)12-4-3-10(15)7-13(12)16/h3-4,7,11H,5-6,8-9,16H2,1-2H3,(H,17,20). The van der Waals surface area contributed by atoms with Gasteiger partial charge in [-0.2, -0.15) is 0 Å². The third kappa shape index (κ3) is 3.62. The van der Waals surface area contributed by atoms with Gasteiger partial charge in [-0.1, -0.05) is 11.6 Å². The highest BCUT2D eigenvalue weighted by Crippen LogP contribution is 2.17. The molecule has 1 aromatic carbocycles. The van der Waals surface area contributed by atoms with Crippen molar-refractivity contribution in [3.05, 3.63) is 28.8 Å². The maximum atomic E-state index is 12.1. The van der Waals surface area contributed by atoms with Crippen LogP contribution < -0.4 is 11.1 Å². The zero-order valence-electron chi connectivity index (χ0n) is 11.9. The third-order valence-electron chi connectivity index (χ3n) is 3.74. The Labute approximate surface area is 124 Å². The molecule has 1 heterocycles. The van der Waals surface area contributed by atoms with E-state index in [-0.39, 0.29) is 5.91 Å². The molecule has 1 atom stereocenters. The number of benzene rings is 1. The van der Waals surface area contributed by atoms with Crippen LogP contribution in [0, 0.1) is 0 Å². The van der Waals surface area contributed by atoms with Crippen LogP contribution in [0.4, 0.5) is 5.69 Å². The number of anilines is 1. The number of nitrogens with zero attached hydrogens (tertiary/aromatic N) is 2. The summed E-state index contributed by atoms with van der Waals surface area (Å²) in [7, 11) is 4.18. The molecule has 20 heavy (non-hydrogen) atoms. The minimum absolute atomic E-state index is 0.152. The quantitative estimate of drug-likeness (QED) is 0.814. The van der Waals surface area contributed by atoms with Crippen molar-refractivity contribution in [1.29, 1.82) is 0 Å². The van der Waals surface area contributed by atoms with Gasteiger partial charge in [-0.05, 0) is 32.3 Å². The summed E-state index contributed by atoms with van der Waals surface area (Å²) in [5.74, 6) is -0.152. The van der Waals surface area contributed by atoms with E-state index in [0.29, 0.717) is 28.9 Å². The maximum Gasteiger partial charge on any atom is 0.253 e. The fourth-order valence-corrected chi connectivity index (χ4v) is 2.55. The van der Waals surface area contributed by atoms with E-state index in [4.69, 9.17) is 17.3 Å². The number of likely N-dealkylation sites (N-methyl/N-ethyl adjacent to an activating group) is 2. The van der Waals surface area contributed by atoms with Gasteiger partial charge in [-0.25, -0.2) is 0 Å². The lowest BCUT2D eigenvalue weighted by Gasteiger charge is -2.37. The number of hydrogen-bond acceptors (Lipinski definition) is 4. The molecular formula is C14H21ClN4O. The molecule has 1 aliphatic heterocycles. The van der Waals surface area contributed by atoms with Crippen molar-refractivity contribution < 1.29 is 4.79 Å². The van der Waals surface area contributed by atoms with Crippen LogP contribution in [0.5, 0.6) is 0 Å². The first kappa shape index (κ1) is 15.1. The van der Waals surface area contributed by atoms with Crippen LogP contribution in [0.3, 0.4) is 0 Å². The number of piperazine rings is 1. The van der Waals surface area contributed by atoms with E-state index in [0.717, 1.165) is 19.6 Å². The highest BCUT2D eigenvalue weighted by Gasteiger charge is 2.22. The summed E-state index contributed by atoms with van der Waals surface area (Å²) < 4.78 is 0. The van der Waals surface area contributed by atoms with E-state index < -0.39 is 0 Å². The number of nitrogens with two attached hydrogens (primary N) is 1. The molecule has 1 unspecified atom stereocenters. The molecule has 0 aromatic heterocycles. The van der Waals surface area contributed by atoms with Crippen LogP contribution in [0.15, 0.2) is 18.2 Å². The van der Waals surface area contributed by atoms with Crippen molar-refractivity contribution in [2.45, 2.75) is 6.04 Å². The lowest BCUT2D eigenvalue weighted by Crippen LogP contribution is -2.54. The summed E-state index contributed by atoms with van der Waals surface area (Å²) in [5.41, 5.74) is 6.70. The van der Waals surface area contributed by atoms with Crippen LogP contribution in [-0.4, -0.2) is 62.0 Å². The van der Waals surface area contributed by atoms with E-state index in [9.17, 15) is 4.79 Å². The van der Waals surface area contributed by atoms with Crippen molar-refractivity contribution in [3.8, 4) is 0 Å². The molecular weight excluding hydrogens is 276 g/mol. The molecule has 1 aromatic rings. The van der Waals surface area contributed by atoms with Gasteiger partial charge < -0.3 is 16.0 Å². The lowest BCUT2D eigenvalue weighted by molar-refractivity contribution is 0.0882. The molecule has 1 aliphatic rings. The van der Waals surface area contributed by atoms with Crippen molar-refractivity contribution in [2.24, 2.45) is 0 Å². The second-order valence-corrected chi connectivity index (χ2v) is 5.77. The summed E-state index contributed by atoms with van der Waals surface area (Å²) in [6, 6.07) is 5.25. The average molecular weight is 297 g/mol. The minimum Gasteiger partial charge on any atom is -0.398 e. The topological polar surface area (TPSA) is 61.6 Å². The van der Waals surface area contributed by atoms with Crippen molar-refractivity contribution in [2.75, 3.05) is 46.0 Å². The minimum atomic E-state index is -0.152. The number of amides is 1. The Balaban J connectivity index is 1.94. The Bertz CT molecular complexity index is 494. The van der Waals surface area contributed by atoms with E-state index in [1.165, 1.54) is 0 Å². The van der Waals surface area contributed by atoms with E-state index in [2.05, 4.69) is 29.2 Å². The molecule has 0 bridgehead atoms. The molecule has 3 N–H and O–H groups in total. The second-order valence-electron chi connectivity index (χ2n) is 5.34. The normalized spacial score (nSPS) is 20.9. The summed E-state index contributed by atoms with van der Waals surface area (Å²) in [4.78, 5) is 16.7. The number of hydrogen-bond donors (Lipinski definition) is 2. The Morgan fingerprint density at radius 1 is 1.45 bits per heavy atom. The molecule has 1 saturated heterocycles. The van der Waals surface area contributed by atoms with Gasteiger partial charge in [0.2, 0.25) is 0 Å². The number of rotatable bonds is 3. The molecule has 6 heteroatoms. The molecule has 5 nitrogen and oxygen atoms in total.